The van der Waals surface area contributed by atoms with Crippen LogP contribution in [0.1, 0.15) is 36.8 Å². The number of benzene rings is 1. The number of unbranched alkanes of at least 4 members (excludes halogenated alkanes) is 1. The van der Waals surface area contributed by atoms with Crippen molar-refractivity contribution in [3.8, 4) is 0 Å². The van der Waals surface area contributed by atoms with E-state index < -0.39 is 5.97 Å². The molecular weight excluding hydrogens is 266 g/mol. The fraction of sp³-hybridized carbons (Fsp3) is 0.529. The number of nitrogens with zero attached hydrogens (tertiary/aromatic N) is 1. The van der Waals surface area contributed by atoms with E-state index in [0.717, 1.165) is 19.3 Å². The molecule has 0 radical (unpaired) electrons. The fourth-order valence-electron chi connectivity index (χ4n) is 2.71. The second-order valence-electron chi connectivity index (χ2n) is 5.86. The van der Waals surface area contributed by atoms with Gasteiger partial charge in [0.05, 0.1) is 5.92 Å². The Bertz CT molecular complexity index is 495. The van der Waals surface area contributed by atoms with E-state index in [1.807, 2.05) is 0 Å². The number of rotatable bonds is 6. The molecule has 1 aliphatic heterocycles. The Balaban J connectivity index is 1.66. The van der Waals surface area contributed by atoms with Gasteiger partial charge in [0.2, 0.25) is 5.91 Å². The summed E-state index contributed by atoms with van der Waals surface area (Å²) in [5, 5.41) is 8.93. The molecule has 4 nitrogen and oxygen atoms in total. The van der Waals surface area contributed by atoms with Crippen LogP contribution >= 0.6 is 0 Å². The average Bonchev–Trinajstić information content (AvgIpc) is 2.95. The van der Waals surface area contributed by atoms with Gasteiger partial charge in [-0.3, -0.25) is 9.59 Å². The Labute approximate surface area is 125 Å². The van der Waals surface area contributed by atoms with Gasteiger partial charge in [-0.15, -0.1) is 0 Å². The maximum Gasteiger partial charge on any atom is 0.308 e. The van der Waals surface area contributed by atoms with Crippen LogP contribution in [0.25, 0.3) is 0 Å². The Kier molecular flexibility index (Phi) is 5.37. The van der Waals surface area contributed by atoms with E-state index in [9.17, 15) is 9.59 Å². The zero-order chi connectivity index (χ0) is 15.2. The Morgan fingerprint density at radius 2 is 1.95 bits per heavy atom. The van der Waals surface area contributed by atoms with Crippen LogP contribution in [-0.4, -0.2) is 35.0 Å². The molecule has 1 saturated heterocycles. The molecule has 1 amide bonds. The molecule has 0 bridgehead atoms. The number of aliphatic carboxylic acids is 1. The van der Waals surface area contributed by atoms with E-state index in [1.54, 1.807) is 4.90 Å². The van der Waals surface area contributed by atoms with Crippen molar-refractivity contribution >= 4 is 11.9 Å². The molecular formula is C17H23NO3. The van der Waals surface area contributed by atoms with Gasteiger partial charge in [-0.05, 0) is 38.2 Å². The molecule has 1 aliphatic rings. The van der Waals surface area contributed by atoms with Gasteiger partial charge in [-0.2, -0.15) is 0 Å². The third kappa shape index (κ3) is 4.59. The number of aryl methyl sites for hydroxylation is 2. The highest BCUT2D eigenvalue weighted by atomic mass is 16.4. The molecule has 4 heteroatoms. The maximum absolute atomic E-state index is 12.0. The van der Waals surface area contributed by atoms with Crippen LogP contribution in [0.3, 0.4) is 0 Å². The van der Waals surface area contributed by atoms with E-state index in [0.29, 0.717) is 25.9 Å². The lowest BCUT2D eigenvalue weighted by Crippen LogP contribution is -2.29. The molecule has 2 rings (SSSR count). The Morgan fingerprint density at radius 1 is 1.24 bits per heavy atom. The van der Waals surface area contributed by atoms with Crippen molar-refractivity contribution in [1.29, 1.82) is 0 Å². The molecule has 1 aromatic rings. The molecule has 0 spiro atoms. The first-order chi connectivity index (χ1) is 10.1. The number of carbonyl (C=O) groups excluding carboxylic acids is 1. The molecule has 114 valence electrons. The fourth-order valence-corrected chi connectivity index (χ4v) is 2.71. The lowest BCUT2D eigenvalue weighted by molar-refractivity contribution is -0.141. The highest BCUT2D eigenvalue weighted by Gasteiger charge is 2.30. The van der Waals surface area contributed by atoms with Crippen molar-refractivity contribution in [2.75, 3.05) is 13.1 Å². The van der Waals surface area contributed by atoms with Crippen molar-refractivity contribution in [2.24, 2.45) is 5.92 Å². The minimum absolute atomic E-state index is 0.0997. The van der Waals surface area contributed by atoms with Crippen LogP contribution in [0.4, 0.5) is 0 Å². The molecule has 0 saturated carbocycles. The number of carbonyl (C=O) groups is 2. The summed E-state index contributed by atoms with van der Waals surface area (Å²) in [6.45, 7) is 3.04. The molecule has 0 aromatic heterocycles. The predicted octanol–water partition coefficient (Wildman–Crippen LogP) is 2.64. The Morgan fingerprint density at radius 3 is 2.57 bits per heavy atom. The largest absolute Gasteiger partial charge is 0.481 e. The second kappa shape index (κ2) is 7.25. The van der Waals surface area contributed by atoms with E-state index in [2.05, 4.69) is 31.2 Å². The lowest BCUT2D eigenvalue weighted by atomic mass is 10.1. The van der Waals surface area contributed by atoms with Crippen LogP contribution in [-0.2, 0) is 16.0 Å². The van der Waals surface area contributed by atoms with Crippen LogP contribution in [0, 0.1) is 12.8 Å². The van der Waals surface area contributed by atoms with Crippen molar-refractivity contribution in [3.63, 3.8) is 0 Å². The van der Waals surface area contributed by atoms with Crippen molar-refractivity contribution in [1.82, 2.24) is 4.90 Å². The van der Waals surface area contributed by atoms with E-state index >= 15 is 0 Å². The molecule has 1 N–H and O–H groups in total. The smallest absolute Gasteiger partial charge is 0.308 e. The summed E-state index contributed by atoms with van der Waals surface area (Å²) in [6, 6.07) is 8.48. The van der Waals surface area contributed by atoms with Crippen LogP contribution in [0.2, 0.25) is 0 Å². The quantitative estimate of drug-likeness (QED) is 0.819. The number of carboxylic acids is 1. The minimum Gasteiger partial charge on any atom is -0.481 e. The highest BCUT2D eigenvalue weighted by Crippen LogP contribution is 2.18. The third-order valence-corrected chi connectivity index (χ3v) is 4.12. The summed E-state index contributed by atoms with van der Waals surface area (Å²) in [5.74, 6) is -1.06. The standard InChI is InChI=1S/C17H23NO3/c1-13-6-8-14(9-7-13)4-2-3-5-16(19)18-11-10-15(12-18)17(20)21/h6-9,15H,2-5,10-12H2,1H3,(H,20,21)/t15-/m1/s1. The summed E-state index contributed by atoms with van der Waals surface area (Å²) in [7, 11) is 0. The zero-order valence-electron chi connectivity index (χ0n) is 12.5. The Hall–Kier alpha value is -1.84. The van der Waals surface area contributed by atoms with Gasteiger partial charge in [0, 0.05) is 19.5 Å². The van der Waals surface area contributed by atoms with Crippen molar-refractivity contribution < 1.29 is 14.7 Å². The van der Waals surface area contributed by atoms with Crippen molar-refractivity contribution in [2.45, 2.75) is 39.0 Å². The number of amides is 1. The number of hydrogen-bond donors (Lipinski definition) is 1. The topological polar surface area (TPSA) is 57.6 Å². The normalized spacial score (nSPS) is 18.0. The SMILES string of the molecule is Cc1ccc(CCCCC(=O)N2CC[C@@H](C(=O)O)C2)cc1. The summed E-state index contributed by atoms with van der Waals surface area (Å²) in [6.07, 6.45) is 3.96. The van der Waals surface area contributed by atoms with Gasteiger partial charge in [0.25, 0.3) is 0 Å². The number of likely N-dealkylation sites (tertiary alicyclic amines) is 1. The van der Waals surface area contributed by atoms with Crippen LogP contribution in [0.15, 0.2) is 24.3 Å². The van der Waals surface area contributed by atoms with Gasteiger partial charge in [-0.1, -0.05) is 29.8 Å². The summed E-state index contributed by atoms with van der Waals surface area (Å²) in [5.41, 5.74) is 2.57. The van der Waals surface area contributed by atoms with Gasteiger partial charge in [-0.25, -0.2) is 0 Å². The van der Waals surface area contributed by atoms with Gasteiger partial charge >= 0.3 is 5.97 Å². The molecule has 1 fully saturated rings. The molecule has 0 unspecified atom stereocenters. The van der Waals surface area contributed by atoms with Crippen LogP contribution in [0.5, 0.6) is 0 Å². The number of carboxylic acid groups (broad SMARTS) is 1. The predicted molar refractivity (Wildman–Crippen MR) is 81.1 cm³/mol. The van der Waals surface area contributed by atoms with E-state index in [-0.39, 0.29) is 11.8 Å². The van der Waals surface area contributed by atoms with E-state index in [1.165, 1.54) is 11.1 Å². The number of hydrogen-bond acceptors (Lipinski definition) is 2. The van der Waals surface area contributed by atoms with Gasteiger partial charge < -0.3 is 10.0 Å². The maximum atomic E-state index is 12.0. The minimum atomic E-state index is -0.787. The first-order valence-electron chi connectivity index (χ1n) is 7.62. The highest BCUT2D eigenvalue weighted by molar-refractivity contribution is 5.78. The molecule has 1 aromatic carbocycles. The summed E-state index contributed by atoms with van der Waals surface area (Å²) >= 11 is 0. The summed E-state index contributed by atoms with van der Waals surface area (Å²) in [4.78, 5) is 24.6. The van der Waals surface area contributed by atoms with Crippen molar-refractivity contribution in [3.05, 3.63) is 35.4 Å². The molecule has 1 atom stereocenters. The van der Waals surface area contributed by atoms with Gasteiger partial charge in [0.1, 0.15) is 0 Å². The zero-order valence-corrected chi connectivity index (χ0v) is 12.5. The van der Waals surface area contributed by atoms with E-state index in [4.69, 9.17) is 5.11 Å². The monoisotopic (exact) mass is 289 g/mol. The lowest BCUT2D eigenvalue weighted by Gasteiger charge is -2.15. The second-order valence-corrected chi connectivity index (χ2v) is 5.86. The molecule has 21 heavy (non-hydrogen) atoms. The molecule has 1 heterocycles. The third-order valence-electron chi connectivity index (χ3n) is 4.12. The first-order valence-corrected chi connectivity index (χ1v) is 7.62. The van der Waals surface area contributed by atoms with Crippen LogP contribution < -0.4 is 0 Å². The summed E-state index contributed by atoms with van der Waals surface area (Å²) < 4.78 is 0. The molecule has 0 aliphatic carbocycles. The first kappa shape index (κ1) is 15.5. The average molecular weight is 289 g/mol. The van der Waals surface area contributed by atoms with Gasteiger partial charge in [0.15, 0.2) is 0 Å².